The van der Waals surface area contributed by atoms with Crippen molar-refractivity contribution in [3.63, 3.8) is 0 Å². The fourth-order valence-corrected chi connectivity index (χ4v) is 9.14. The highest BCUT2D eigenvalue weighted by atomic mass is 32.1. The van der Waals surface area contributed by atoms with Gasteiger partial charge in [0.1, 0.15) is 0 Å². The van der Waals surface area contributed by atoms with Crippen molar-refractivity contribution in [2.45, 2.75) is 25.7 Å². The van der Waals surface area contributed by atoms with Gasteiger partial charge in [-0.3, -0.25) is 0 Å². The monoisotopic (exact) mass is 657 g/mol. The summed E-state index contributed by atoms with van der Waals surface area (Å²) in [5.41, 5.74) is 11.3. The number of fused-ring (bicyclic) bond motifs is 7. The molecule has 50 heavy (non-hydrogen) atoms. The second-order valence-electron chi connectivity index (χ2n) is 13.5. The topological polar surface area (TPSA) is 3.24 Å². The molecule has 0 N–H and O–H groups in total. The lowest BCUT2D eigenvalue weighted by molar-refractivity contribution is 0.998. The van der Waals surface area contributed by atoms with Crippen LogP contribution >= 0.6 is 11.3 Å². The highest BCUT2D eigenvalue weighted by Crippen LogP contribution is 2.42. The second-order valence-corrected chi connectivity index (χ2v) is 14.6. The van der Waals surface area contributed by atoms with Crippen LogP contribution in [0.5, 0.6) is 0 Å². The van der Waals surface area contributed by atoms with Gasteiger partial charge in [-0.05, 0) is 141 Å². The van der Waals surface area contributed by atoms with Gasteiger partial charge in [0.2, 0.25) is 0 Å². The Bertz CT molecular complexity index is 2750. The lowest BCUT2D eigenvalue weighted by Gasteiger charge is -2.26. The minimum Gasteiger partial charge on any atom is -0.310 e. The Labute approximate surface area is 296 Å². The van der Waals surface area contributed by atoms with Gasteiger partial charge in [0.15, 0.2) is 0 Å². The summed E-state index contributed by atoms with van der Waals surface area (Å²) < 4.78 is 2.64. The summed E-state index contributed by atoms with van der Waals surface area (Å²) in [5, 5.41) is 8.01. The Kier molecular flexibility index (Phi) is 7.03. The van der Waals surface area contributed by atoms with Crippen LogP contribution in [0.25, 0.3) is 71.4 Å². The summed E-state index contributed by atoms with van der Waals surface area (Å²) >= 11 is 1.87. The first-order chi connectivity index (χ1) is 24.8. The molecule has 0 amide bonds. The molecule has 238 valence electrons. The second kappa shape index (κ2) is 12.0. The zero-order chi connectivity index (χ0) is 33.0. The van der Waals surface area contributed by atoms with E-state index in [4.69, 9.17) is 0 Å². The number of hydrogen-bond acceptors (Lipinski definition) is 2. The van der Waals surface area contributed by atoms with Crippen molar-refractivity contribution >= 4 is 77.6 Å². The van der Waals surface area contributed by atoms with Crippen LogP contribution in [0.3, 0.4) is 0 Å². The third kappa shape index (κ3) is 4.99. The van der Waals surface area contributed by atoms with Crippen LogP contribution in [0, 0.1) is 0 Å². The van der Waals surface area contributed by atoms with Gasteiger partial charge in [-0.25, -0.2) is 0 Å². The molecule has 2 aliphatic rings. The average molecular weight is 658 g/mol. The van der Waals surface area contributed by atoms with E-state index in [0.717, 1.165) is 42.7 Å². The number of aryl methyl sites for hydroxylation is 1. The third-order valence-electron chi connectivity index (χ3n) is 10.5. The van der Waals surface area contributed by atoms with Gasteiger partial charge in [-0.2, -0.15) is 0 Å². The number of benzene rings is 7. The van der Waals surface area contributed by atoms with E-state index in [1.807, 2.05) is 11.3 Å². The maximum atomic E-state index is 2.41. The zero-order valence-corrected chi connectivity index (χ0v) is 28.6. The van der Waals surface area contributed by atoms with Gasteiger partial charge in [0.05, 0.1) is 0 Å². The molecule has 2 aliphatic carbocycles. The van der Waals surface area contributed by atoms with Crippen molar-refractivity contribution in [2.24, 2.45) is 0 Å². The van der Waals surface area contributed by atoms with Crippen molar-refractivity contribution in [2.75, 3.05) is 4.90 Å². The lowest BCUT2D eigenvalue weighted by atomic mass is 9.86. The Morgan fingerprint density at radius 3 is 2.00 bits per heavy atom. The van der Waals surface area contributed by atoms with E-state index in [9.17, 15) is 0 Å². The highest BCUT2D eigenvalue weighted by molar-refractivity contribution is 7.25. The van der Waals surface area contributed by atoms with Crippen molar-refractivity contribution in [1.29, 1.82) is 0 Å². The van der Waals surface area contributed by atoms with Gasteiger partial charge in [0.25, 0.3) is 0 Å². The van der Waals surface area contributed by atoms with Crippen LogP contribution in [0.2, 0.25) is 0 Å². The fraction of sp³-hybridized carbons (Fsp3) is 0.0833. The van der Waals surface area contributed by atoms with Crippen molar-refractivity contribution < 1.29 is 0 Å². The molecule has 0 saturated carbocycles. The van der Waals surface area contributed by atoms with E-state index in [0.29, 0.717) is 0 Å². The first-order valence-electron chi connectivity index (χ1n) is 17.7. The van der Waals surface area contributed by atoms with Crippen LogP contribution in [0.1, 0.15) is 30.4 Å². The van der Waals surface area contributed by atoms with E-state index >= 15 is 0 Å². The molecule has 0 atom stereocenters. The number of thiophene rings is 1. The molecular formula is C48H35NS. The summed E-state index contributed by atoms with van der Waals surface area (Å²) in [7, 11) is 0. The average Bonchev–Trinajstić information content (AvgIpc) is 3.56. The normalized spacial score (nSPS) is 13.5. The Morgan fingerprint density at radius 1 is 0.480 bits per heavy atom. The maximum absolute atomic E-state index is 2.41. The molecule has 2 heteroatoms. The van der Waals surface area contributed by atoms with E-state index in [1.165, 1.54) is 74.8 Å². The van der Waals surface area contributed by atoms with Crippen LogP contribution in [0.15, 0.2) is 146 Å². The Balaban J connectivity index is 1.09. The fourth-order valence-electron chi connectivity index (χ4n) is 8.05. The van der Waals surface area contributed by atoms with Gasteiger partial charge in [-0.15, -0.1) is 11.3 Å². The lowest BCUT2D eigenvalue weighted by Crippen LogP contribution is -2.26. The van der Waals surface area contributed by atoms with E-state index in [2.05, 4.69) is 169 Å². The molecule has 0 bridgehead atoms. The number of allylic oxidation sites excluding steroid dienone is 1. The number of nitrogens with zero attached hydrogens (tertiary/aromatic N) is 1. The molecule has 1 nitrogen and oxygen atoms in total. The first kappa shape index (κ1) is 29.2. The molecule has 8 aromatic rings. The summed E-state index contributed by atoms with van der Waals surface area (Å²) in [6, 6.07) is 52.1. The van der Waals surface area contributed by atoms with E-state index in [1.54, 1.807) is 0 Å². The molecule has 0 unspecified atom stereocenters. The summed E-state index contributed by atoms with van der Waals surface area (Å²) in [4.78, 5) is 2.41. The zero-order valence-electron chi connectivity index (χ0n) is 27.8. The first-order valence-corrected chi connectivity index (χ1v) is 18.5. The van der Waals surface area contributed by atoms with Crippen LogP contribution in [-0.2, 0) is 6.42 Å². The predicted octanol–water partition coefficient (Wildman–Crippen LogP) is 12.3. The smallest absolute Gasteiger partial charge is 0.0468 e. The number of rotatable bonds is 5. The number of hydrogen-bond donors (Lipinski definition) is 0. The summed E-state index contributed by atoms with van der Waals surface area (Å²) in [5.74, 6) is 0. The van der Waals surface area contributed by atoms with Crippen LogP contribution in [0.4, 0.5) is 17.1 Å². The molecule has 1 aromatic heterocycles. The molecule has 0 aliphatic heterocycles. The molecule has 0 spiro atoms. The molecule has 1 heterocycles. The van der Waals surface area contributed by atoms with Crippen LogP contribution < -0.4 is 15.3 Å². The van der Waals surface area contributed by atoms with Gasteiger partial charge in [-0.1, -0.05) is 103 Å². The molecule has 7 aromatic carbocycles. The summed E-state index contributed by atoms with van der Waals surface area (Å²) in [6.07, 6.45) is 13.8. The largest absolute Gasteiger partial charge is 0.310 e. The maximum Gasteiger partial charge on any atom is 0.0468 e. The molecule has 10 rings (SSSR count). The Morgan fingerprint density at radius 2 is 1.16 bits per heavy atom. The highest BCUT2D eigenvalue weighted by Gasteiger charge is 2.18. The van der Waals surface area contributed by atoms with Crippen LogP contribution in [-0.4, -0.2) is 0 Å². The minimum atomic E-state index is 1.09. The van der Waals surface area contributed by atoms with Gasteiger partial charge in [0, 0.05) is 37.2 Å². The number of anilines is 3. The minimum absolute atomic E-state index is 1.09. The molecular weight excluding hydrogens is 623 g/mol. The van der Waals surface area contributed by atoms with Crippen molar-refractivity contribution in [1.82, 2.24) is 0 Å². The predicted molar refractivity (Wildman–Crippen MR) is 217 cm³/mol. The quantitative estimate of drug-likeness (QED) is 0.178. The Hall–Kier alpha value is -5.70. The standard InChI is InChI=1S/C48H35NS/c1-2-10-35-29-36(18-17-32(35)9-1)33-19-23-38(24-20-33)49(40-27-28-48-46(31-40)44-15-7-8-16-47(44)50-48)39-25-21-34(22-26-39)45-30-37-11-3-4-12-41(37)42-13-5-6-14-43(42)45/h3-4,6-12,14-31H,1-2,5,13H2. The van der Waals surface area contributed by atoms with Crippen molar-refractivity contribution in [3.8, 4) is 22.3 Å². The third-order valence-corrected chi connectivity index (χ3v) is 11.7. The SMILES string of the molecule is C1=Cc2c(-c3ccc(N(c4ccc(-c5ccc6c(c5)=CCCC=6)cc4)c4ccc5sc6ccccc6c5c4)cc3)cc3ccccc3c2CC1. The van der Waals surface area contributed by atoms with E-state index in [-0.39, 0.29) is 0 Å². The van der Waals surface area contributed by atoms with E-state index < -0.39 is 0 Å². The summed E-state index contributed by atoms with van der Waals surface area (Å²) in [6.45, 7) is 0. The molecule has 0 fully saturated rings. The van der Waals surface area contributed by atoms with Gasteiger partial charge < -0.3 is 4.90 Å². The van der Waals surface area contributed by atoms with Gasteiger partial charge >= 0.3 is 0 Å². The molecule has 0 radical (unpaired) electrons. The molecule has 0 saturated heterocycles. The van der Waals surface area contributed by atoms with Crippen molar-refractivity contribution in [3.05, 3.63) is 167 Å².